The predicted octanol–water partition coefficient (Wildman–Crippen LogP) is 5.74. The Morgan fingerprint density at radius 2 is 1.85 bits per heavy atom. The molecule has 0 atom stereocenters. The van der Waals surface area contributed by atoms with E-state index in [4.69, 9.17) is 13.9 Å². The maximum Gasteiger partial charge on any atom is 0.453 e. The zero-order valence-electron chi connectivity index (χ0n) is 18.5. The highest BCUT2D eigenvalue weighted by molar-refractivity contribution is 5.80. The second kappa shape index (κ2) is 9.79. The van der Waals surface area contributed by atoms with Crippen molar-refractivity contribution in [3.8, 4) is 17.2 Å². The molecule has 2 aromatic carbocycles. The molecule has 0 radical (unpaired) electrons. The summed E-state index contributed by atoms with van der Waals surface area (Å²) in [6, 6.07) is 10.3. The van der Waals surface area contributed by atoms with Crippen LogP contribution in [0.2, 0.25) is 0 Å². The molecule has 0 spiro atoms. The second-order valence-electron chi connectivity index (χ2n) is 8.35. The van der Waals surface area contributed by atoms with E-state index in [-0.39, 0.29) is 41.0 Å². The smallest absolute Gasteiger partial charge is 0.453 e. The topological polar surface area (TPSA) is 77.8 Å². The molecule has 1 aliphatic carbocycles. The summed E-state index contributed by atoms with van der Waals surface area (Å²) in [5, 5.41) is 2.79. The molecule has 1 fully saturated rings. The number of rotatable bonds is 6. The first kappa shape index (κ1) is 23.7. The van der Waals surface area contributed by atoms with Gasteiger partial charge in [0.1, 0.15) is 17.1 Å². The molecule has 0 bridgehead atoms. The van der Waals surface area contributed by atoms with E-state index < -0.39 is 23.1 Å². The van der Waals surface area contributed by atoms with Crippen LogP contribution in [0.3, 0.4) is 0 Å². The van der Waals surface area contributed by atoms with Crippen LogP contribution in [0.1, 0.15) is 43.4 Å². The third-order valence-electron chi connectivity index (χ3n) is 5.63. The van der Waals surface area contributed by atoms with E-state index in [0.29, 0.717) is 0 Å². The van der Waals surface area contributed by atoms with Crippen LogP contribution in [0.4, 0.5) is 13.2 Å². The predicted molar refractivity (Wildman–Crippen MR) is 119 cm³/mol. The fraction of sp³-hybridized carbons (Fsp3) is 0.360. The molecular weight excluding hydrogens is 451 g/mol. The van der Waals surface area contributed by atoms with Gasteiger partial charge in [-0.1, -0.05) is 31.4 Å². The second-order valence-corrected chi connectivity index (χ2v) is 8.35. The molecule has 1 heterocycles. The number of carbonyl (C=O) groups is 1. The summed E-state index contributed by atoms with van der Waals surface area (Å²) in [7, 11) is 0. The molecule has 1 saturated carbocycles. The third-order valence-corrected chi connectivity index (χ3v) is 5.63. The molecule has 4 rings (SSSR count). The van der Waals surface area contributed by atoms with Crippen molar-refractivity contribution in [2.75, 3.05) is 6.61 Å². The lowest BCUT2D eigenvalue weighted by Gasteiger charge is -2.22. The number of hydrogen-bond donors (Lipinski definition) is 1. The summed E-state index contributed by atoms with van der Waals surface area (Å²) in [4.78, 5) is 25.0. The SMILES string of the molecule is Cc1cccc(Oc2c(C(F)(F)F)oc3cc(OCC(=O)NC4CCCCC4)ccc3c2=O)c1. The molecule has 1 aliphatic rings. The van der Waals surface area contributed by atoms with E-state index >= 15 is 0 Å². The zero-order valence-corrected chi connectivity index (χ0v) is 18.5. The lowest BCUT2D eigenvalue weighted by molar-refractivity contribution is -0.154. The fourth-order valence-electron chi connectivity index (χ4n) is 3.99. The van der Waals surface area contributed by atoms with Gasteiger partial charge in [-0.2, -0.15) is 13.2 Å². The van der Waals surface area contributed by atoms with Crippen LogP contribution in [0.15, 0.2) is 51.7 Å². The normalized spacial score (nSPS) is 14.7. The number of alkyl halides is 3. The number of hydrogen-bond acceptors (Lipinski definition) is 5. The molecule has 0 unspecified atom stereocenters. The number of nitrogens with one attached hydrogen (secondary N) is 1. The van der Waals surface area contributed by atoms with Crippen molar-refractivity contribution in [1.82, 2.24) is 5.32 Å². The average Bonchev–Trinajstić information content (AvgIpc) is 2.79. The summed E-state index contributed by atoms with van der Waals surface area (Å²) in [5.74, 6) is -2.60. The minimum absolute atomic E-state index is 0.0843. The largest absolute Gasteiger partial charge is 0.484 e. The van der Waals surface area contributed by atoms with Gasteiger partial charge in [-0.25, -0.2) is 0 Å². The van der Waals surface area contributed by atoms with E-state index in [9.17, 15) is 22.8 Å². The van der Waals surface area contributed by atoms with E-state index in [1.54, 1.807) is 19.1 Å². The molecule has 1 N–H and O–H groups in total. The minimum Gasteiger partial charge on any atom is -0.484 e. The number of benzene rings is 2. The molecule has 34 heavy (non-hydrogen) atoms. The molecule has 0 aliphatic heterocycles. The Morgan fingerprint density at radius 1 is 1.09 bits per heavy atom. The van der Waals surface area contributed by atoms with Crippen molar-refractivity contribution in [3.05, 3.63) is 64.0 Å². The quantitative estimate of drug-likeness (QED) is 0.492. The summed E-state index contributed by atoms with van der Waals surface area (Å²) in [6.07, 6.45) is 0.144. The highest BCUT2D eigenvalue weighted by Gasteiger charge is 2.40. The highest BCUT2D eigenvalue weighted by atomic mass is 19.4. The Bertz CT molecular complexity index is 1250. The van der Waals surface area contributed by atoms with Crippen molar-refractivity contribution in [1.29, 1.82) is 0 Å². The van der Waals surface area contributed by atoms with E-state index in [2.05, 4.69) is 5.32 Å². The standard InChI is InChI=1S/C25H24F3NO5/c1-15-6-5-9-18(12-15)33-23-22(31)19-11-10-17(13-20(19)34-24(23)25(26,27)28)32-14-21(30)29-16-7-3-2-4-8-16/h5-6,9-13,16H,2-4,7-8,14H2,1H3,(H,29,30). The lowest BCUT2D eigenvalue weighted by atomic mass is 9.95. The van der Waals surface area contributed by atoms with Crippen LogP contribution in [0.5, 0.6) is 17.2 Å². The maximum atomic E-state index is 13.7. The maximum absolute atomic E-state index is 13.7. The van der Waals surface area contributed by atoms with Crippen LogP contribution in [0.25, 0.3) is 11.0 Å². The van der Waals surface area contributed by atoms with Gasteiger partial charge in [0.05, 0.1) is 5.39 Å². The number of halogens is 3. The Hall–Kier alpha value is -3.49. The van der Waals surface area contributed by atoms with Crippen molar-refractivity contribution in [2.45, 2.75) is 51.2 Å². The van der Waals surface area contributed by atoms with Gasteiger partial charge < -0.3 is 19.2 Å². The van der Waals surface area contributed by atoms with Crippen LogP contribution in [-0.4, -0.2) is 18.6 Å². The minimum atomic E-state index is -4.97. The van der Waals surface area contributed by atoms with Crippen LogP contribution in [0, 0.1) is 6.92 Å². The Morgan fingerprint density at radius 3 is 2.56 bits per heavy atom. The monoisotopic (exact) mass is 475 g/mol. The molecule has 180 valence electrons. The molecule has 0 saturated heterocycles. The number of amides is 1. The fourth-order valence-corrected chi connectivity index (χ4v) is 3.99. The Kier molecular flexibility index (Phi) is 6.81. The lowest BCUT2D eigenvalue weighted by Crippen LogP contribution is -2.38. The van der Waals surface area contributed by atoms with Gasteiger partial charge >= 0.3 is 6.18 Å². The van der Waals surface area contributed by atoms with Gasteiger partial charge in [-0.05, 0) is 49.6 Å². The Labute approximate surface area is 193 Å². The van der Waals surface area contributed by atoms with Crippen LogP contribution >= 0.6 is 0 Å². The third kappa shape index (κ3) is 5.52. The number of carbonyl (C=O) groups excluding carboxylic acids is 1. The summed E-state index contributed by atoms with van der Waals surface area (Å²) < 4.78 is 57.0. The number of aryl methyl sites for hydroxylation is 1. The van der Waals surface area contributed by atoms with Crippen molar-refractivity contribution >= 4 is 16.9 Å². The van der Waals surface area contributed by atoms with Gasteiger partial charge in [-0.3, -0.25) is 9.59 Å². The summed E-state index contributed by atoms with van der Waals surface area (Å²) >= 11 is 0. The van der Waals surface area contributed by atoms with Gasteiger partial charge in [0.15, 0.2) is 6.61 Å². The van der Waals surface area contributed by atoms with Gasteiger partial charge in [0.25, 0.3) is 11.7 Å². The first-order valence-corrected chi connectivity index (χ1v) is 11.1. The number of ether oxygens (including phenoxy) is 2. The molecule has 1 aromatic heterocycles. The van der Waals surface area contributed by atoms with Crippen LogP contribution in [-0.2, 0) is 11.0 Å². The van der Waals surface area contributed by atoms with E-state index in [1.807, 2.05) is 0 Å². The summed E-state index contributed by atoms with van der Waals surface area (Å²) in [6.45, 7) is 1.45. The zero-order chi connectivity index (χ0) is 24.3. The van der Waals surface area contributed by atoms with Gasteiger partial charge in [0.2, 0.25) is 11.2 Å². The van der Waals surface area contributed by atoms with E-state index in [1.165, 1.54) is 24.3 Å². The molecule has 9 heteroatoms. The summed E-state index contributed by atoms with van der Waals surface area (Å²) in [5.41, 5.74) is -0.527. The van der Waals surface area contributed by atoms with Crippen molar-refractivity contribution in [2.24, 2.45) is 0 Å². The van der Waals surface area contributed by atoms with Crippen LogP contribution < -0.4 is 20.2 Å². The van der Waals surface area contributed by atoms with Gasteiger partial charge in [0, 0.05) is 12.1 Å². The first-order chi connectivity index (χ1) is 16.2. The first-order valence-electron chi connectivity index (χ1n) is 11.1. The van der Waals surface area contributed by atoms with Crippen molar-refractivity contribution in [3.63, 3.8) is 0 Å². The van der Waals surface area contributed by atoms with Crippen molar-refractivity contribution < 1.29 is 31.9 Å². The Balaban J connectivity index is 1.58. The van der Waals surface area contributed by atoms with E-state index in [0.717, 1.165) is 43.7 Å². The number of fused-ring (bicyclic) bond motifs is 1. The highest BCUT2D eigenvalue weighted by Crippen LogP contribution is 2.38. The van der Waals surface area contributed by atoms with Gasteiger partial charge in [-0.15, -0.1) is 0 Å². The molecule has 1 amide bonds. The molecule has 3 aromatic rings. The average molecular weight is 475 g/mol. The molecule has 6 nitrogen and oxygen atoms in total. The molecular formula is C25H24F3NO5.